The maximum Gasteiger partial charge on any atom is 0.229 e. The first-order valence-electron chi connectivity index (χ1n) is 4.25. The predicted octanol–water partition coefficient (Wildman–Crippen LogP) is 2.16. The molecule has 0 aliphatic carbocycles. The largest absolute Gasteiger partial charge is 0.261 e. The topological polar surface area (TPSA) is 12.9 Å². The van der Waals surface area contributed by atoms with E-state index in [1.165, 1.54) is 0 Å². The van der Waals surface area contributed by atoms with Crippen LogP contribution in [0.5, 0.6) is 0 Å². The summed E-state index contributed by atoms with van der Waals surface area (Å²) in [5.41, 5.74) is 1.16. The van der Waals surface area contributed by atoms with Crippen LogP contribution < -0.4 is 0 Å². The molecule has 0 unspecified atom stereocenters. The molecule has 0 fully saturated rings. The van der Waals surface area contributed by atoms with Crippen molar-refractivity contribution in [2.75, 3.05) is 0 Å². The smallest absolute Gasteiger partial charge is 0.229 e. The molecular weight excluding hydrogens is 149 g/mol. The number of hydrogen-bond acceptors (Lipinski definition) is 1. The highest BCUT2D eigenvalue weighted by atomic mass is 27.1. The molecule has 0 atom stereocenters. The van der Waals surface area contributed by atoms with E-state index in [0.29, 0.717) is 15.2 Å². The molecule has 0 bridgehead atoms. The van der Waals surface area contributed by atoms with Crippen molar-refractivity contribution in [2.24, 2.45) is 0 Å². The summed E-state index contributed by atoms with van der Waals surface area (Å²) in [6.45, 7) is 2.10. The van der Waals surface area contributed by atoms with Crippen molar-refractivity contribution in [3.63, 3.8) is 0 Å². The Morgan fingerprint density at radius 3 is 2.27 bits per heavy atom. The van der Waals surface area contributed by atoms with E-state index in [4.69, 9.17) is 0 Å². The molecule has 0 radical (unpaired) electrons. The highest BCUT2D eigenvalue weighted by Gasteiger charge is 1.81. The fourth-order valence-corrected chi connectivity index (χ4v) is 0.607. The van der Waals surface area contributed by atoms with E-state index in [9.17, 15) is 0 Å². The van der Waals surface area contributed by atoms with Gasteiger partial charge in [0.2, 0.25) is 15.2 Å². The molecule has 0 amide bonds. The fraction of sp³-hybridized carbons (Fsp3) is 0.444. The first kappa shape index (κ1) is 10.7. The Bertz CT molecular complexity index is 162. The standard InChI is InChI=1S/C7H9N.2CH3.Al.H/c1-2-7-5-3-4-6-8-7;;;;/h3-6H,2H2,1H3;2*1H3;;. The number of aryl methyl sites for hydroxylation is 1. The number of pyridine rings is 1. The number of rotatable bonds is 1. The van der Waals surface area contributed by atoms with Gasteiger partial charge in [0.1, 0.15) is 0 Å². The van der Waals surface area contributed by atoms with Crippen LogP contribution in [-0.2, 0) is 6.42 Å². The van der Waals surface area contributed by atoms with Gasteiger partial charge in [-0.3, -0.25) is 4.98 Å². The Morgan fingerprint density at radius 1 is 1.36 bits per heavy atom. The average Bonchev–Trinajstić information content (AvgIpc) is 2.08. The van der Waals surface area contributed by atoms with Crippen LogP contribution in [0, 0.1) is 0 Å². The zero-order valence-electron chi connectivity index (χ0n) is 7.67. The van der Waals surface area contributed by atoms with Crippen molar-refractivity contribution in [2.45, 2.75) is 24.9 Å². The minimum absolute atomic E-state index is 0.417. The van der Waals surface area contributed by atoms with E-state index in [-0.39, 0.29) is 0 Å². The van der Waals surface area contributed by atoms with E-state index in [1.54, 1.807) is 0 Å². The van der Waals surface area contributed by atoms with Crippen molar-refractivity contribution in [3.05, 3.63) is 30.1 Å². The average molecular weight is 165 g/mol. The van der Waals surface area contributed by atoms with E-state index < -0.39 is 0 Å². The molecule has 0 aliphatic rings. The van der Waals surface area contributed by atoms with Crippen LogP contribution in [-0.4, -0.2) is 20.2 Å². The maximum absolute atomic E-state index is 4.10. The Labute approximate surface area is 75.6 Å². The van der Waals surface area contributed by atoms with Crippen molar-refractivity contribution in [3.8, 4) is 0 Å². The summed E-state index contributed by atoms with van der Waals surface area (Å²) < 4.78 is 0. The third-order valence-electron chi connectivity index (χ3n) is 1.09. The second-order valence-corrected chi connectivity index (χ2v) is 3.80. The van der Waals surface area contributed by atoms with E-state index in [2.05, 4.69) is 23.5 Å². The van der Waals surface area contributed by atoms with Crippen molar-refractivity contribution in [1.82, 2.24) is 4.98 Å². The minimum atomic E-state index is 0.417. The summed E-state index contributed by atoms with van der Waals surface area (Å²) >= 11 is 0.417. The zero-order chi connectivity index (χ0) is 8.53. The Hall–Kier alpha value is -0.318. The van der Waals surface area contributed by atoms with Gasteiger partial charge in [-0.15, -0.1) is 11.6 Å². The molecule has 0 saturated carbocycles. The second-order valence-electron chi connectivity index (χ2n) is 2.38. The lowest BCUT2D eigenvalue weighted by Gasteiger charge is -1.88. The summed E-state index contributed by atoms with van der Waals surface area (Å²) in [6, 6.07) is 5.96. The number of aromatic nitrogens is 1. The molecular formula is C9H16AlN. The van der Waals surface area contributed by atoms with Crippen LogP contribution in [0.25, 0.3) is 0 Å². The van der Waals surface area contributed by atoms with Gasteiger partial charge in [-0.05, 0) is 18.6 Å². The molecule has 1 heterocycles. The van der Waals surface area contributed by atoms with Gasteiger partial charge in [-0.25, -0.2) is 0 Å². The van der Waals surface area contributed by atoms with Crippen molar-refractivity contribution >= 4 is 15.2 Å². The molecule has 0 N–H and O–H groups in total. The fourth-order valence-electron chi connectivity index (χ4n) is 0.607. The molecule has 1 rings (SSSR count). The highest BCUT2D eigenvalue weighted by molar-refractivity contribution is 6.31. The lowest BCUT2D eigenvalue weighted by atomic mass is 10.3. The Balaban J connectivity index is 0.000000292. The van der Waals surface area contributed by atoms with Gasteiger partial charge in [0.15, 0.2) is 0 Å². The third kappa shape index (κ3) is 6.10. The van der Waals surface area contributed by atoms with E-state index in [0.717, 1.165) is 12.1 Å². The molecule has 0 spiro atoms. The summed E-state index contributed by atoms with van der Waals surface area (Å²) in [5.74, 6) is 4.53. The van der Waals surface area contributed by atoms with Crippen LogP contribution in [0.15, 0.2) is 24.4 Å². The first-order chi connectivity index (χ1) is 5.35. The molecule has 0 aromatic carbocycles. The second kappa shape index (κ2) is 7.79. The van der Waals surface area contributed by atoms with E-state index >= 15 is 0 Å². The lowest BCUT2D eigenvalue weighted by Crippen LogP contribution is -1.81. The van der Waals surface area contributed by atoms with Crippen LogP contribution >= 0.6 is 0 Å². The summed E-state index contributed by atoms with van der Waals surface area (Å²) in [7, 11) is 0. The van der Waals surface area contributed by atoms with Gasteiger partial charge in [0.25, 0.3) is 0 Å². The minimum Gasteiger partial charge on any atom is -0.261 e. The summed E-state index contributed by atoms with van der Waals surface area (Å²) in [6.07, 6.45) is 2.85. The molecule has 60 valence electrons. The maximum atomic E-state index is 4.10. The third-order valence-corrected chi connectivity index (χ3v) is 1.09. The number of nitrogens with zero attached hydrogens (tertiary/aromatic N) is 1. The van der Waals surface area contributed by atoms with Gasteiger partial charge in [0.05, 0.1) is 0 Å². The predicted molar refractivity (Wildman–Crippen MR) is 52.5 cm³/mol. The van der Waals surface area contributed by atoms with Gasteiger partial charge < -0.3 is 0 Å². The van der Waals surface area contributed by atoms with Crippen LogP contribution in [0.2, 0.25) is 11.6 Å². The Kier molecular flexibility index (Phi) is 7.56. The monoisotopic (exact) mass is 165 g/mol. The highest BCUT2D eigenvalue weighted by Crippen LogP contribution is 1.91. The van der Waals surface area contributed by atoms with Gasteiger partial charge in [-0.2, -0.15) is 0 Å². The molecule has 0 aliphatic heterocycles. The molecule has 11 heavy (non-hydrogen) atoms. The van der Waals surface area contributed by atoms with Crippen molar-refractivity contribution in [1.29, 1.82) is 0 Å². The quantitative estimate of drug-likeness (QED) is 0.581. The van der Waals surface area contributed by atoms with Crippen molar-refractivity contribution < 1.29 is 0 Å². The summed E-state index contributed by atoms with van der Waals surface area (Å²) in [5, 5.41) is 0. The summed E-state index contributed by atoms with van der Waals surface area (Å²) in [4.78, 5) is 4.10. The molecule has 1 aromatic heterocycles. The van der Waals surface area contributed by atoms with Gasteiger partial charge >= 0.3 is 0 Å². The normalized spacial score (nSPS) is 7.91. The lowest BCUT2D eigenvalue weighted by molar-refractivity contribution is 1.04. The van der Waals surface area contributed by atoms with Gasteiger partial charge in [-0.1, -0.05) is 13.0 Å². The zero-order valence-corrected chi connectivity index (χ0v) is 9.09. The molecule has 1 nitrogen and oxygen atoms in total. The SMILES string of the molecule is CCc1ccccn1.[CH3][AlH][CH3]. The molecule has 1 aromatic rings. The Morgan fingerprint density at radius 2 is 2.00 bits per heavy atom. The van der Waals surface area contributed by atoms with Crippen LogP contribution in [0.4, 0.5) is 0 Å². The molecule has 0 saturated heterocycles. The van der Waals surface area contributed by atoms with Crippen LogP contribution in [0.1, 0.15) is 12.6 Å². The van der Waals surface area contributed by atoms with Crippen LogP contribution in [0.3, 0.4) is 0 Å². The first-order valence-corrected chi connectivity index (χ1v) is 7.07. The van der Waals surface area contributed by atoms with Gasteiger partial charge in [0, 0.05) is 11.9 Å². The van der Waals surface area contributed by atoms with E-state index in [1.807, 2.05) is 24.4 Å². The molecule has 2 heteroatoms. The number of hydrogen-bond donors (Lipinski definition) is 0.